The van der Waals surface area contributed by atoms with E-state index in [1.54, 1.807) is 4.68 Å². The lowest BCUT2D eigenvalue weighted by Crippen LogP contribution is -2.03. The number of hydrogen-bond acceptors (Lipinski definition) is 3. The van der Waals surface area contributed by atoms with E-state index < -0.39 is 0 Å². The quantitative estimate of drug-likeness (QED) is 0.688. The fourth-order valence-corrected chi connectivity index (χ4v) is 1.76. The van der Waals surface area contributed by atoms with Crippen LogP contribution in [0.25, 0.3) is 17.0 Å². The average molecular weight is 234 g/mol. The molecule has 6 heteroatoms. The molecule has 0 aliphatic carbocycles. The van der Waals surface area contributed by atoms with Crippen molar-refractivity contribution in [2.45, 2.75) is 5.88 Å². The zero-order valence-electron chi connectivity index (χ0n) is 8.26. The van der Waals surface area contributed by atoms with Crippen LogP contribution in [-0.4, -0.2) is 24.7 Å². The Bertz CT molecular complexity index is 594. The molecule has 0 fully saturated rings. The number of imidazole rings is 1. The van der Waals surface area contributed by atoms with Gasteiger partial charge in [-0.1, -0.05) is 12.1 Å². The molecule has 2 aromatic heterocycles. The van der Waals surface area contributed by atoms with Gasteiger partial charge in [-0.05, 0) is 12.1 Å². The van der Waals surface area contributed by atoms with Crippen molar-refractivity contribution in [3.8, 4) is 5.95 Å². The summed E-state index contributed by atoms with van der Waals surface area (Å²) >= 11 is 5.76. The summed E-state index contributed by atoms with van der Waals surface area (Å²) in [7, 11) is 0. The summed E-state index contributed by atoms with van der Waals surface area (Å²) in [5.74, 6) is 1.60. The normalized spacial score (nSPS) is 11.1. The van der Waals surface area contributed by atoms with E-state index in [1.165, 1.54) is 6.33 Å². The van der Waals surface area contributed by atoms with E-state index in [4.69, 9.17) is 11.6 Å². The van der Waals surface area contributed by atoms with Crippen LogP contribution in [0.3, 0.4) is 0 Å². The zero-order valence-corrected chi connectivity index (χ0v) is 9.02. The first kappa shape index (κ1) is 9.35. The maximum absolute atomic E-state index is 5.76. The van der Waals surface area contributed by atoms with Gasteiger partial charge in [0.15, 0.2) is 0 Å². The summed E-state index contributed by atoms with van der Waals surface area (Å²) in [5, 5.41) is 4.08. The number of rotatable bonds is 2. The summed E-state index contributed by atoms with van der Waals surface area (Å²) < 4.78 is 1.60. The predicted octanol–water partition coefficient (Wildman–Crippen LogP) is 1.88. The Morgan fingerprint density at radius 1 is 1.31 bits per heavy atom. The van der Waals surface area contributed by atoms with Crippen LogP contribution < -0.4 is 0 Å². The third-order valence-corrected chi connectivity index (χ3v) is 2.55. The summed E-state index contributed by atoms with van der Waals surface area (Å²) in [4.78, 5) is 11.6. The molecule has 0 spiro atoms. The highest BCUT2D eigenvalue weighted by Gasteiger charge is 2.09. The molecule has 2 heterocycles. The SMILES string of the molecule is ClCc1ncnn1-c1nc2ccccc2[nH]1. The Kier molecular flexibility index (Phi) is 2.11. The second kappa shape index (κ2) is 3.61. The van der Waals surface area contributed by atoms with Crippen LogP contribution in [0.1, 0.15) is 5.82 Å². The molecule has 1 N–H and O–H groups in total. The average Bonchev–Trinajstić information content (AvgIpc) is 2.94. The van der Waals surface area contributed by atoms with Crippen molar-refractivity contribution in [3.63, 3.8) is 0 Å². The minimum Gasteiger partial charge on any atom is -0.322 e. The second-order valence-electron chi connectivity index (χ2n) is 3.30. The lowest BCUT2D eigenvalue weighted by molar-refractivity contribution is 0.789. The number of nitrogens with zero attached hydrogens (tertiary/aromatic N) is 4. The number of benzene rings is 1. The van der Waals surface area contributed by atoms with Gasteiger partial charge in [0.25, 0.3) is 0 Å². The van der Waals surface area contributed by atoms with Crippen molar-refractivity contribution < 1.29 is 0 Å². The second-order valence-corrected chi connectivity index (χ2v) is 3.57. The molecule has 0 saturated carbocycles. The number of nitrogens with one attached hydrogen (secondary N) is 1. The van der Waals surface area contributed by atoms with E-state index in [-0.39, 0.29) is 0 Å². The minimum atomic E-state index is 0.303. The molecule has 0 unspecified atom stereocenters. The number of fused-ring (bicyclic) bond motifs is 1. The Hall–Kier alpha value is -1.88. The van der Waals surface area contributed by atoms with Gasteiger partial charge in [-0.25, -0.2) is 9.97 Å². The van der Waals surface area contributed by atoms with E-state index >= 15 is 0 Å². The summed E-state index contributed by atoms with van der Waals surface area (Å²) in [6.45, 7) is 0. The third-order valence-electron chi connectivity index (χ3n) is 2.32. The van der Waals surface area contributed by atoms with E-state index in [0.29, 0.717) is 17.7 Å². The van der Waals surface area contributed by atoms with Crippen molar-refractivity contribution in [1.82, 2.24) is 24.7 Å². The standard InChI is InChI=1S/C10H8ClN5/c11-5-9-12-6-13-16(9)10-14-7-3-1-2-4-8(7)15-10/h1-4,6H,5H2,(H,14,15). The number of aromatic nitrogens is 5. The first-order valence-electron chi connectivity index (χ1n) is 4.78. The summed E-state index contributed by atoms with van der Waals surface area (Å²) in [6, 6.07) is 7.79. The summed E-state index contributed by atoms with van der Waals surface area (Å²) in [6.07, 6.45) is 1.46. The molecule has 5 nitrogen and oxygen atoms in total. The molecule has 0 radical (unpaired) electrons. The van der Waals surface area contributed by atoms with Crippen LogP contribution in [0.4, 0.5) is 0 Å². The molecule has 0 saturated heterocycles. The number of halogens is 1. The zero-order chi connectivity index (χ0) is 11.0. The molecular formula is C10H8ClN5. The molecule has 0 bridgehead atoms. The van der Waals surface area contributed by atoms with Crippen LogP contribution in [0.15, 0.2) is 30.6 Å². The van der Waals surface area contributed by atoms with Gasteiger partial charge in [0.1, 0.15) is 12.2 Å². The van der Waals surface area contributed by atoms with Gasteiger partial charge in [0.2, 0.25) is 5.95 Å². The number of alkyl halides is 1. The smallest absolute Gasteiger partial charge is 0.230 e. The first-order valence-corrected chi connectivity index (χ1v) is 5.32. The van der Waals surface area contributed by atoms with Gasteiger partial charge in [-0.15, -0.1) is 11.6 Å². The monoisotopic (exact) mass is 233 g/mol. The Labute approximate surface area is 96.1 Å². The molecule has 3 rings (SSSR count). The van der Waals surface area contributed by atoms with Gasteiger partial charge in [-0.2, -0.15) is 9.78 Å². The molecule has 16 heavy (non-hydrogen) atoms. The maximum Gasteiger partial charge on any atom is 0.230 e. The highest BCUT2D eigenvalue weighted by Crippen LogP contribution is 2.13. The van der Waals surface area contributed by atoms with Gasteiger partial charge < -0.3 is 4.98 Å². The Morgan fingerprint density at radius 2 is 2.19 bits per heavy atom. The Balaban J connectivity index is 2.19. The highest BCUT2D eigenvalue weighted by atomic mass is 35.5. The maximum atomic E-state index is 5.76. The lowest BCUT2D eigenvalue weighted by atomic mass is 10.3. The van der Waals surface area contributed by atoms with Crippen LogP contribution in [-0.2, 0) is 5.88 Å². The molecule has 0 amide bonds. The third kappa shape index (κ3) is 1.37. The molecule has 0 aliphatic rings. The molecular weight excluding hydrogens is 226 g/mol. The van der Waals surface area contributed by atoms with E-state index in [2.05, 4.69) is 20.1 Å². The lowest BCUT2D eigenvalue weighted by Gasteiger charge is -1.97. The minimum absolute atomic E-state index is 0.303. The van der Waals surface area contributed by atoms with Crippen molar-refractivity contribution in [1.29, 1.82) is 0 Å². The van der Waals surface area contributed by atoms with Crippen molar-refractivity contribution >= 4 is 22.6 Å². The molecule has 1 aromatic carbocycles. The molecule has 80 valence electrons. The van der Waals surface area contributed by atoms with Crippen LogP contribution >= 0.6 is 11.6 Å². The van der Waals surface area contributed by atoms with E-state index in [9.17, 15) is 0 Å². The van der Waals surface area contributed by atoms with Crippen molar-refractivity contribution in [2.24, 2.45) is 0 Å². The van der Waals surface area contributed by atoms with Gasteiger partial charge >= 0.3 is 0 Å². The first-order chi connectivity index (χ1) is 7.88. The van der Waals surface area contributed by atoms with Gasteiger partial charge in [0, 0.05) is 0 Å². The number of H-pyrrole nitrogens is 1. The van der Waals surface area contributed by atoms with E-state index in [1.807, 2.05) is 24.3 Å². The van der Waals surface area contributed by atoms with E-state index in [0.717, 1.165) is 11.0 Å². The largest absolute Gasteiger partial charge is 0.322 e. The number of aromatic amines is 1. The Morgan fingerprint density at radius 3 is 3.00 bits per heavy atom. The van der Waals surface area contributed by atoms with Gasteiger partial charge in [-0.3, -0.25) is 0 Å². The van der Waals surface area contributed by atoms with Crippen LogP contribution in [0.2, 0.25) is 0 Å². The highest BCUT2D eigenvalue weighted by molar-refractivity contribution is 6.16. The van der Waals surface area contributed by atoms with Crippen molar-refractivity contribution in [2.75, 3.05) is 0 Å². The van der Waals surface area contributed by atoms with Gasteiger partial charge in [0.05, 0.1) is 16.9 Å². The van der Waals surface area contributed by atoms with Crippen LogP contribution in [0, 0.1) is 0 Å². The molecule has 3 aromatic rings. The predicted molar refractivity (Wildman–Crippen MR) is 60.6 cm³/mol. The summed E-state index contributed by atoms with van der Waals surface area (Å²) in [5.41, 5.74) is 1.86. The van der Waals surface area contributed by atoms with Crippen LogP contribution in [0.5, 0.6) is 0 Å². The fraction of sp³-hybridized carbons (Fsp3) is 0.100. The van der Waals surface area contributed by atoms with Crippen molar-refractivity contribution in [3.05, 3.63) is 36.4 Å². The molecule has 0 aliphatic heterocycles. The number of para-hydroxylation sites is 2. The molecule has 0 atom stereocenters. The fourth-order valence-electron chi connectivity index (χ4n) is 1.57. The topological polar surface area (TPSA) is 59.4 Å². The number of hydrogen-bond donors (Lipinski definition) is 1.